The maximum absolute atomic E-state index is 12.5. The fourth-order valence-corrected chi connectivity index (χ4v) is 3.16. The maximum Gasteiger partial charge on any atom is 0.181 e. The number of ketones is 1. The third-order valence-electron chi connectivity index (χ3n) is 3.81. The van der Waals surface area contributed by atoms with Crippen LogP contribution in [0.15, 0.2) is 18.2 Å². The summed E-state index contributed by atoms with van der Waals surface area (Å²) < 4.78 is 0. The molecule has 2 atom stereocenters. The average Bonchev–Trinajstić information content (AvgIpc) is 2.37. The van der Waals surface area contributed by atoms with Gasteiger partial charge in [0, 0.05) is 17.1 Å². The summed E-state index contributed by atoms with van der Waals surface area (Å²) in [7, 11) is 0. The van der Waals surface area contributed by atoms with Gasteiger partial charge in [0.2, 0.25) is 0 Å². The van der Waals surface area contributed by atoms with Crippen LogP contribution in [-0.4, -0.2) is 29.8 Å². The molecule has 0 saturated carbocycles. The first kappa shape index (κ1) is 14.8. The van der Waals surface area contributed by atoms with Crippen LogP contribution < -0.4 is 0 Å². The predicted molar refractivity (Wildman–Crippen MR) is 80.2 cm³/mol. The minimum Gasteiger partial charge on any atom is -0.293 e. The fraction of sp³-hybridized carbons (Fsp3) is 0.533. The second kappa shape index (κ2) is 6.25. The highest BCUT2D eigenvalue weighted by Crippen LogP contribution is 2.25. The molecule has 1 aliphatic heterocycles. The van der Waals surface area contributed by atoms with Crippen molar-refractivity contribution < 1.29 is 4.79 Å². The molecule has 0 aromatic heterocycles. The van der Waals surface area contributed by atoms with E-state index in [0.717, 1.165) is 19.5 Å². The van der Waals surface area contributed by atoms with Gasteiger partial charge in [0.25, 0.3) is 0 Å². The van der Waals surface area contributed by atoms with Gasteiger partial charge in [-0.05, 0) is 50.4 Å². The molecule has 1 aromatic carbocycles. The predicted octanol–water partition coefficient (Wildman–Crippen LogP) is 4.30. The first-order chi connectivity index (χ1) is 8.99. The van der Waals surface area contributed by atoms with Crippen molar-refractivity contribution in [2.75, 3.05) is 13.1 Å². The van der Waals surface area contributed by atoms with Crippen molar-refractivity contribution in [3.63, 3.8) is 0 Å². The second-order valence-corrected chi connectivity index (χ2v) is 6.25. The molecular weight excluding hydrogens is 281 g/mol. The maximum atomic E-state index is 12.5. The number of nitrogens with zero attached hydrogens (tertiary/aromatic N) is 1. The van der Waals surface area contributed by atoms with E-state index in [2.05, 4.69) is 11.8 Å². The number of benzene rings is 1. The van der Waals surface area contributed by atoms with Crippen molar-refractivity contribution in [1.82, 2.24) is 4.90 Å². The number of carbonyl (C=O) groups is 1. The van der Waals surface area contributed by atoms with Gasteiger partial charge < -0.3 is 0 Å². The number of halogens is 2. The topological polar surface area (TPSA) is 20.3 Å². The van der Waals surface area contributed by atoms with Crippen LogP contribution in [0.2, 0.25) is 10.0 Å². The van der Waals surface area contributed by atoms with Gasteiger partial charge in [-0.3, -0.25) is 9.69 Å². The van der Waals surface area contributed by atoms with Crippen molar-refractivity contribution in [2.24, 2.45) is 5.92 Å². The minimum atomic E-state index is -0.124. The van der Waals surface area contributed by atoms with Crippen LogP contribution in [0.25, 0.3) is 0 Å². The molecule has 0 radical (unpaired) electrons. The first-order valence-corrected chi connectivity index (χ1v) is 7.48. The lowest BCUT2D eigenvalue weighted by Gasteiger charge is -2.34. The Hall–Kier alpha value is -0.570. The number of piperidine rings is 1. The normalized spacial score (nSPS) is 22.2. The summed E-state index contributed by atoms with van der Waals surface area (Å²) in [6.45, 7) is 6.17. The summed E-state index contributed by atoms with van der Waals surface area (Å²) in [5.74, 6) is 0.737. The monoisotopic (exact) mass is 299 g/mol. The third kappa shape index (κ3) is 3.50. The number of Topliss-reactive ketones (excluding diaryl/α,β-unsaturated/α-hetero) is 1. The SMILES string of the molecule is CC1CCCN(C(C)C(=O)c2ccc(Cl)cc2Cl)C1. The van der Waals surface area contributed by atoms with E-state index in [-0.39, 0.29) is 11.8 Å². The summed E-state index contributed by atoms with van der Waals surface area (Å²) in [4.78, 5) is 14.8. The summed E-state index contributed by atoms with van der Waals surface area (Å²) in [5.41, 5.74) is 0.566. The second-order valence-electron chi connectivity index (χ2n) is 5.41. The van der Waals surface area contributed by atoms with Gasteiger partial charge in [0.15, 0.2) is 5.78 Å². The van der Waals surface area contributed by atoms with Crippen LogP contribution in [0, 0.1) is 5.92 Å². The van der Waals surface area contributed by atoms with Gasteiger partial charge in [-0.2, -0.15) is 0 Å². The van der Waals surface area contributed by atoms with E-state index in [1.165, 1.54) is 6.42 Å². The van der Waals surface area contributed by atoms with Crippen molar-refractivity contribution in [3.8, 4) is 0 Å². The summed E-state index contributed by atoms with van der Waals surface area (Å²) in [6, 6.07) is 4.94. The molecule has 19 heavy (non-hydrogen) atoms. The standard InChI is InChI=1S/C15H19Cl2NO/c1-10-4-3-7-18(9-10)11(2)15(19)13-6-5-12(16)8-14(13)17/h5-6,8,10-11H,3-4,7,9H2,1-2H3. The van der Waals surface area contributed by atoms with Crippen molar-refractivity contribution >= 4 is 29.0 Å². The molecule has 2 unspecified atom stereocenters. The minimum absolute atomic E-state index is 0.0794. The highest BCUT2D eigenvalue weighted by Gasteiger charge is 2.27. The third-order valence-corrected chi connectivity index (χ3v) is 4.36. The Morgan fingerprint density at radius 1 is 1.42 bits per heavy atom. The number of hydrogen-bond donors (Lipinski definition) is 0. The highest BCUT2D eigenvalue weighted by atomic mass is 35.5. The number of hydrogen-bond acceptors (Lipinski definition) is 2. The van der Waals surface area contributed by atoms with Gasteiger partial charge in [-0.25, -0.2) is 0 Å². The van der Waals surface area contributed by atoms with Crippen molar-refractivity contribution in [3.05, 3.63) is 33.8 Å². The lowest BCUT2D eigenvalue weighted by Crippen LogP contribution is -2.44. The van der Waals surface area contributed by atoms with E-state index in [1.54, 1.807) is 18.2 Å². The quantitative estimate of drug-likeness (QED) is 0.776. The molecule has 0 amide bonds. The van der Waals surface area contributed by atoms with Gasteiger partial charge >= 0.3 is 0 Å². The molecule has 1 heterocycles. The zero-order valence-electron chi connectivity index (χ0n) is 11.3. The van der Waals surface area contributed by atoms with Gasteiger partial charge in [-0.1, -0.05) is 30.1 Å². The van der Waals surface area contributed by atoms with Gasteiger partial charge in [0.05, 0.1) is 11.1 Å². The van der Waals surface area contributed by atoms with E-state index < -0.39 is 0 Å². The molecule has 0 spiro atoms. The van der Waals surface area contributed by atoms with E-state index in [9.17, 15) is 4.79 Å². The molecule has 2 rings (SSSR count). The average molecular weight is 300 g/mol. The molecular formula is C15H19Cl2NO. The Bertz CT molecular complexity index is 475. The van der Waals surface area contributed by atoms with E-state index in [0.29, 0.717) is 21.5 Å². The summed E-state index contributed by atoms with van der Waals surface area (Å²) in [5, 5.41) is 0.996. The molecule has 0 N–H and O–H groups in total. The number of rotatable bonds is 3. The van der Waals surface area contributed by atoms with Crippen LogP contribution in [0.1, 0.15) is 37.0 Å². The largest absolute Gasteiger partial charge is 0.293 e. The number of likely N-dealkylation sites (tertiary alicyclic amines) is 1. The Morgan fingerprint density at radius 3 is 2.79 bits per heavy atom. The van der Waals surface area contributed by atoms with Crippen LogP contribution in [-0.2, 0) is 0 Å². The molecule has 2 nitrogen and oxygen atoms in total. The number of carbonyl (C=O) groups excluding carboxylic acids is 1. The Balaban J connectivity index is 2.14. The molecule has 1 aliphatic rings. The van der Waals surface area contributed by atoms with Crippen LogP contribution in [0.4, 0.5) is 0 Å². The van der Waals surface area contributed by atoms with Gasteiger partial charge in [-0.15, -0.1) is 0 Å². The molecule has 0 aliphatic carbocycles. The Labute approximate surface area is 124 Å². The lowest BCUT2D eigenvalue weighted by atomic mass is 9.96. The van der Waals surface area contributed by atoms with E-state index in [4.69, 9.17) is 23.2 Å². The molecule has 1 fully saturated rings. The zero-order chi connectivity index (χ0) is 14.0. The molecule has 4 heteroatoms. The molecule has 0 bridgehead atoms. The van der Waals surface area contributed by atoms with Crippen molar-refractivity contribution in [2.45, 2.75) is 32.7 Å². The molecule has 104 valence electrons. The zero-order valence-corrected chi connectivity index (χ0v) is 12.8. The van der Waals surface area contributed by atoms with E-state index >= 15 is 0 Å². The fourth-order valence-electron chi connectivity index (χ4n) is 2.66. The Morgan fingerprint density at radius 2 is 2.16 bits per heavy atom. The Kier molecular flexibility index (Phi) is 4.88. The first-order valence-electron chi connectivity index (χ1n) is 6.72. The van der Waals surface area contributed by atoms with E-state index in [1.807, 2.05) is 6.92 Å². The van der Waals surface area contributed by atoms with Crippen LogP contribution >= 0.6 is 23.2 Å². The lowest BCUT2D eigenvalue weighted by molar-refractivity contribution is 0.0765. The molecule has 1 saturated heterocycles. The van der Waals surface area contributed by atoms with Gasteiger partial charge in [0.1, 0.15) is 0 Å². The molecule has 1 aromatic rings. The smallest absolute Gasteiger partial charge is 0.181 e. The highest BCUT2D eigenvalue weighted by molar-refractivity contribution is 6.37. The van der Waals surface area contributed by atoms with Crippen LogP contribution in [0.3, 0.4) is 0 Å². The van der Waals surface area contributed by atoms with Crippen LogP contribution in [0.5, 0.6) is 0 Å². The summed E-state index contributed by atoms with van der Waals surface area (Å²) in [6.07, 6.45) is 2.41. The summed E-state index contributed by atoms with van der Waals surface area (Å²) >= 11 is 12.0. The van der Waals surface area contributed by atoms with Crippen molar-refractivity contribution in [1.29, 1.82) is 0 Å².